The summed E-state index contributed by atoms with van der Waals surface area (Å²) in [5.74, 6) is 0.412. The third kappa shape index (κ3) is 7.22. The van der Waals surface area contributed by atoms with Crippen LogP contribution in [-0.2, 0) is 9.59 Å². The maximum absolute atomic E-state index is 12.1. The number of piperazine rings is 1. The van der Waals surface area contributed by atoms with Crippen molar-refractivity contribution in [2.75, 3.05) is 52.4 Å². The van der Waals surface area contributed by atoms with Crippen LogP contribution in [0.4, 0.5) is 0 Å². The van der Waals surface area contributed by atoms with E-state index in [1.807, 2.05) is 9.80 Å². The van der Waals surface area contributed by atoms with Crippen LogP contribution in [0.25, 0.3) is 0 Å². The SMILES string of the molecule is CCCC[NH2+]CC(=O)N1CCN(C(=O)C[NH2+]CCCC)CC1. The average Bonchev–Trinajstić information content (AvgIpc) is 2.55. The van der Waals surface area contributed by atoms with Gasteiger partial charge in [0, 0.05) is 26.2 Å². The van der Waals surface area contributed by atoms with Crippen molar-refractivity contribution in [3.63, 3.8) is 0 Å². The highest BCUT2D eigenvalue weighted by Crippen LogP contribution is 2.01. The number of hydrogen-bond acceptors (Lipinski definition) is 2. The van der Waals surface area contributed by atoms with E-state index in [1.54, 1.807) is 0 Å². The third-order valence-corrected chi connectivity index (χ3v) is 4.15. The van der Waals surface area contributed by atoms with Gasteiger partial charge in [-0.15, -0.1) is 0 Å². The van der Waals surface area contributed by atoms with Crippen molar-refractivity contribution in [2.24, 2.45) is 0 Å². The molecule has 1 fully saturated rings. The fourth-order valence-electron chi connectivity index (χ4n) is 2.61. The minimum absolute atomic E-state index is 0.206. The second-order valence-electron chi connectivity index (χ2n) is 6.03. The van der Waals surface area contributed by atoms with E-state index >= 15 is 0 Å². The number of unbranched alkanes of at least 4 members (excludes halogenated alkanes) is 2. The monoisotopic (exact) mass is 314 g/mol. The molecule has 0 aliphatic carbocycles. The Morgan fingerprint density at radius 2 is 1.14 bits per heavy atom. The van der Waals surface area contributed by atoms with Gasteiger partial charge in [-0.2, -0.15) is 0 Å². The Morgan fingerprint density at radius 3 is 1.45 bits per heavy atom. The summed E-state index contributed by atoms with van der Waals surface area (Å²) >= 11 is 0. The quantitative estimate of drug-likeness (QED) is 0.476. The molecule has 6 nitrogen and oxygen atoms in total. The summed E-state index contributed by atoms with van der Waals surface area (Å²) in [6.45, 7) is 10.2. The van der Waals surface area contributed by atoms with Crippen molar-refractivity contribution >= 4 is 11.8 Å². The number of rotatable bonds is 10. The Morgan fingerprint density at radius 1 is 0.773 bits per heavy atom. The van der Waals surface area contributed by atoms with Gasteiger partial charge in [-0.1, -0.05) is 26.7 Å². The number of carbonyl (C=O) groups excluding carboxylic acids is 2. The van der Waals surface area contributed by atoms with Gasteiger partial charge in [-0.05, 0) is 12.8 Å². The molecule has 0 saturated carbocycles. The van der Waals surface area contributed by atoms with E-state index in [-0.39, 0.29) is 11.8 Å². The highest BCUT2D eigenvalue weighted by molar-refractivity contribution is 5.79. The molecular formula is C16H34N4O2+2. The zero-order chi connectivity index (χ0) is 16.2. The molecule has 1 heterocycles. The summed E-state index contributed by atoms with van der Waals surface area (Å²) in [6, 6.07) is 0. The molecule has 22 heavy (non-hydrogen) atoms. The van der Waals surface area contributed by atoms with Gasteiger partial charge in [0.25, 0.3) is 11.8 Å². The first-order valence-electron chi connectivity index (χ1n) is 8.87. The summed E-state index contributed by atoms with van der Waals surface area (Å²) in [5, 5.41) is 4.18. The fraction of sp³-hybridized carbons (Fsp3) is 0.875. The van der Waals surface area contributed by atoms with E-state index in [4.69, 9.17) is 0 Å². The van der Waals surface area contributed by atoms with Gasteiger partial charge < -0.3 is 20.4 Å². The Labute approximate surface area is 134 Å². The number of amides is 2. The normalized spacial score (nSPS) is 15.2. The molecule has 6 heteroatoms. The molecule has 1 saturated heterocycles. The van der Waals surface area contributed by atoms with E-state index in [0.29, 0.717) is 39.3 Å². The summed E-state index contributed by atoms with van der Waals surface area (Å²) in [4.78, 5) is 27.9. The molecule has 0 spiro atoms. The lowest BCUT2D eigenvalue weighted by atomic mass is 10.3. The van der Waals surface area contributed by atoms with Crippen molar-refractivity contribution in [1.29, 1.82) is 0 Å². The number of nitrogens with two attached hydrogens (primary N) is 2. The standard InChI is InChI=1S/C16H32N4O2/c1-3-5-7-17-13-15(21)19-9-11-20(12-10-19)16(22)14-18-8-6-4-2/h17-18H,3-14H2,1-2H3/p+2. The molecule has 128 valence electrons. The van der Waals surface area contributed by atoms with Crippen LogP contribution in [0, 0.1) is 0 Å². The van der Waals surface area contributed by atoms with E-state index < -0.39 is 0 Å². The van der Waals surface area contributed by atoms with E-state index in [0.717, 1.165) is 25.9 Å². The molecular weight excluding hydrogens is 280 g/mol. The van der Waals surface area contributed by atoms with Crippen molar-refractivity contribution in [2.45, 2.75) is 39.5 Å². The summed E-state index contributed by atoms with van der Waals surface area (Å²) in [7, 11) is 0. The molecule has 1 rings (SSSR count). The molecule has 4 N–H and O–H groups in total. The topological polar surface area (TPSA) is 73.8 Å². The van der Waals surface area contributed by atoms with E-state index in [9.17, 15) is 9.59 Å². The Kier molecular flexibility index (Phi) is 9.82. The molecule has 0 aromatic carbocycles. The first-order valence-corrected chi connectivity index (χ1v) is 8.87. The Hall–Kier alpha value is -1.14. The van der Waals surface area contributed by atoms with Crippen molar-refractivity contribution < 1.29 is 20.2 Å². The molecule has 1 aliphatic heterocycles. The molecule has 0 radical (unpaired) electrons. The van der Waals surface area contributed by atoms with Crippen molar-refractivity contribution in [1.82, 2.24) is 9.80 Å². The fourth-order valence-corrected chi connectivity index (χ4v) is 2.61. The third-order valence-electron chi connectivity index (χ3n) is 4.15. The highest BCUT2D eigenvalue weighted by atomic mass is 16.2. The minimum atomic E-state index is 0.206. The highest BCUT2D eigenvalue weighted by Gasteiger charge is 2.24. The molecule has 0 atom stereocenters. The predicted molar refractivity (Wildman–Crippen MR) is 86.3 cm³/mol. The Balaban J connectivity index is 2.16. The zero-order valence-corrected chi connectivity index (χ0v) is 14.4. The lowest BCUT2D eigenvalue weighted by molar-refractivity contribution is -0.645. The minimum Gasteiger partial charge on any atom is -0.338 e. The number of carbonyl (C=O) groups is 2. The van der Waals surface area contributed by atoms with Gasteiger partial charge >= 0.3 is 0 Å². The summed E-state index contributed by atoms with van der Waals surface area (Å²) in [6.07, 6.45) is 4.65. The number of quaternary nitrogens is 2. The maximum atomic E-state index is 12.1. The smallest absolute Gasteiger partial charge is 0.277 e. The van der Waals surface area contributed by atoms with Crippen LogP contribution in [-0.4, -0.2) is 74.0 Å². The lowest BCUT2D eigenvalue weighted by Crippen LogP contribution is -2.87. The number of nitrogens with zero attached hydrogens (tertiary/aromatic N) is 2. The maximum Gasteiger partial charge on any atom is 0.277 e. The van der Waals surface area contributed by atoms with Crippen molar-refractivity contribution in [3.8, 4) is 0 Å². The molecule has 0 bridgehead atoms. The molecule has 0 unspecified atom stereocenters. The largest absolute Gasteiger partial charge is 0.338 e. The Bertz CT molecular complexity index is 296. The molecule has 1 aliphatic rings. The van der Waals surface area contributed by atoms with E-state index in [1.165, 1.54) is 12.8 Å². The van der Waals surface area contributed by atoms with Crippen molar-refractivity contribution in [3.05, 3.63) is 0 Å². The number of hydrogen-bond donors (Lipinski definition) is 2. The van der Waals surface area contributed by atoms with Crippen LogP contribution >= 0.6 is 0 Å². The van der Waals surface area contributed by atoms with Crippen LogP contribution in [0.3, 0.4) is 0 Å². The molecule has 0 aromatic heterocycles. The van der Waals surface area contributed by atoms with Crippen LogP contribution in [0.5, 0.6) is 0 Å². The van der Waals surface area contributed by atoms with Crippen LogP contribution < -0.4 is 10.6 Å². The first-order chi connectivity index (χ1) is 10.7. The van der Waals surface area contributed by atoms with Crippen LogP contribution in [0.1, 0.15) is 39.5 Å². The van der Waals surface area contributed by atoms with Gasteiger partial charge in [-0.3, -0.25) is 9.59 Å². The van der Waals surface area contributed by atoms with Crippen LogP contribution in [0.15, 0.2) is 0 Å². The summed E-state index contributed by atoms with van der Waals surface area (Å²) < 4.78 is 0. The second-order valence-corrected chi connectivity index (χ2v) is 6.03. The average molecular weight is 314 g/mol. The van der Waals surface area contributed by atoms with Gasteiger partial charge in [-0.25, -0.2) is 0 Å². The zero-order valence-electron chi connectivity index (χ0n) is 14.4. The van der Waals surface area contributed by atoms with Gasteiger partial charge in [0.05, 0.1) is 13.1 Å². The van der Waals surface area contributed by atoms with Gasteiger partial charge in [0.1, 0.15) is 0 Å². The second kappa shape index (κ2) is 11.4. The summed E-state index contributed by atoms with van der Waals surface area (Å²) in [5.41, 5.74) is 0. The lowest BCUT2D eigenvalue weighted by Gasteiger charge is -2.34. The predicted octanol–water partition coefficient (Wildman–Crippen LogP) is -1.62. The van der Waals surface area contributed by atoms with Gasteiger partial charge in [0.2, 0.25) is 0 Å². The first kappa shape index (κ1) is 18.9. The van der Waals surface area contributed by atoms with E-state index in [2.05, 4.69) is 24.5 Å². The molecule has 0 aromatic rings. The van der Waals surface area contributed by atoms with Crippen LogP contribution in [0.2, 0.25) is 0 Å². The van der Waals surface area contributed by atoms with Gasteiger partial charge in [0.15, 0.2) is 13.1 Å². The molecule has 2 amide bonds.